The van der Waals surface area contributed by atoms with Crippen LogP contribution >= 0.6 is 0 Å². The number of hydrogen-bond acceptors (Lipinski definition) is 6. The van der Waals surface area contributed by atoms with Crippen LogP contribution in [0.3, 0.4) is 0 Å². The average molecular weight is 329 g/mol. The molecule has 2 atom stereocenters. The molecule has 2 N–H and O–H groups in total. The van der Waals surface area contributed by atoms with E-state index in [1.54, 1.807) is 0 Å². The van der Waals surface area contributed by atoms with Gasteiger partial charge in [-0.05, 0) is 5.56 Å². The molecule has 2 aromatic rings. The normalized spacial score (nSPS) is 19.0. The number of hydrogen-bond donors (Lipinski definition) is 2. The largest absolute Gasteiger partial charge is 0.476 e. The van der Waals surface area contributed by atoms with E-state index in [1.165, 1.54) is 12.4 Å². The Balaban J connectivity index is 1.74. The van der Waals surface area contributed by atoms with Gasteiger partial charge < -0.3 is 19.8 Å². The first kappa shape index (κ1) is 16.4. The van der Waals surface area contributed by atoms with Crippen molar-refractivity contribution in [3.05, 3.63) is 54.0 Å². The molecule has 7 heteroatoms. The molecular weight excluding hydrogens is 310 g/mol. The lowest BCUT2D eigenvalue weighted by molar-refractivity contribution is 0.0674. The minimum atomic E-state index is -1.10. The van der Waals surface area contributed by atoms with Crippen LogP contribution in [-0.4, -0.2) is 52.0 Å². The van der Waals surface area contributed by atoms with Crippen molar-refractivity contribution in [2.75, 3.05) is 24.7 Å². The fourth-order valence-corrected chi connectivity index (χ4v) is 2.80. The predicted molar refractivity (Wildman–Crippen MR) is 87.0 cm³/mol. The van der Waals surface area contributed by atoms with Gasteiger partial charge in [-0.1, -0.05) is 30.3 Å². The van der Waals surface area contributed by atoms with Gasteiger partial charge in [0.2, 0.25) is 0 Å². The van der Waals surface area contributed by atoms with E-state index < -0.39 is 12.1 Å². The molecule has 1 fully saturated rings. The highest BCUT2D eigenvalue weighted by atomic mass is 16.5. The number of ether oxygens (including phenoxy) is 1. The van der Waals surface area contributed by atoms with Crippen molar-refractivity contribution in [1.82, 2.24) is 9.97 Å². The Morgan fingerprint density at radius 3 is 2.75 bits per heavy atom. The highest BCUT2D eigenvalue weighted by molar-refractivity contribution is 5.84. The van der Waals surface area contributed by atoms with E-state index in [1.807, 2.05) is 35.2 Å². The summed E-state index contributed by atoms with van der Waals surface area (Å²) in [6.07, 6.45) is 2.59. The Kier molecular flexibility index (Phi) is 5.02. The quantitative estimate of drug-likeness (QED) is 0.858. The van der Waals surface area contributed by atoms with Gasteiger partial charge in [-0.15, -0.1) is 0 Å². The Morgan fingerprint density at radius 2 is 2.08 bits per heavy atom. The van der Waals surface area contributed by atoms with Crippen molar-refractivity contribution < 1.29 is 19.7 Å². The van der Waals surface area contributed by atoms with E-state index in [0.29, 0.717) is 32.0 Å². The summed E-state index contributed by atoms with van der Waals surface area (Å²) in [5.41, 5.74) is 0.767. The Bertz CT molecular complexity index is 678. The smallest absolute Gasteiger partial charge is 0.356 e. The molecular formula is C17H19N3O4. The molecule has 1 saturated heterocycles. The van der Waals surface area contributed by atoms with Crippen molar-refractivity contribution in [2.24, 2.45) is 0 Å². The van der Waals surface area contributed by atoms with E-state index in [4.69, 9.17) is 9.84 Å². The molecule has 2 unspecified atom stereocenters. The molecule has 0 bridgehead atoms. The molecule has 7 nitrogen and oxygen atoms in total. The maximum Gasteiger partial charge on any atom is 0.356 e. The molecule has 3 rings (SSSR count). The van der Waals surface area contributed by atoms with Crippen molar-refractivity contribution in [1.29, 1.82) is 0 Å². The number of morpholine rings is 1. The fraction of sp³-hybridized carbons (Fsp3) is 0.353. The summed E-state index contributed by atoms with van der Waals surface area (Å²) in [4.78, 5) is 21.0. The van der Waals surface area contributed by atoms with Gasteiger partial charge in [0.25, 0.3) is 0 Å². The van der Waals surface area contributed by atoms with Crippen LogP contribution < -0.4 is 4.90 Å². The lowest BCUT2D eigenvalue weighted by atomic mass is 10.0. The summed E-state index contributed by atoms with van der Waals surface area (Å²) < 4.78 is 5.54. The number of aromatic carboxylic acids is 1. The van der Waals surface area contributed by atoms with Gasteiger partial charge in [0.15, 0.2) is 5.69 Å². The number of aliphatic hydroxyl groups excluding tert-OH is 1. The SMILES string of the molecule is O=C(O)c1cnc(N2CCOCC2CC(O)c2ccccc2)cn1. The predicted octanol–water partition coefficient (Wildman–Crippen LogP) is 1.50. The maximum atomic E-state index is 10.9. The number of benzene rings is 1. The van der Waals surface area contributed by atoms with Crippen LogP contribution in [0.4, 0.5) is 5.82 Å². The minimum absolute atomic E-state index is 0.0565. The molecule has 126 valence electrons. The second kappa shape index (κ2) is 7.37. The summed E-state index contributed by atoms with van der Waals surface area (Å²) in [6, 6.07) is 9.42. The summed E-state index contributed by atoms with van der Waals surface area (Å²) in [7, 11) is 0. The highest BCUT2D eigenvalue weighted by Crippen LogP contribution is 2.25. The zero-order chi connectivity index (χ0) is 16.9. The standard InChI is InChI=1S/C17H19N3O4/c21-15(12-4-2-1-3-5-12)8-13-11-24-7-6-20(13)16-10-18-14(9-19-16)17(22)23/h1-5,9-10,13,15,21H,6-8,11H2,(H,22,23). The summed E-state index contributed by atoms with van der Waals surface area (Å²) >= 11 is 0. The van der Waals surface area contributed by atoms with Crippen LogP contribution in [0.1, 0.15) is 28.6 Å². The summed E-state index contributed by atoms with van der Waals surface area (Å²) in [5.74, 6) is -0.513. The van der Waals surface area contributed by atoms with Crippen molar-refractivity contribution in [3.63, 3.8) is 0 Å². The maximum absolute atomic E-state index is 10.9. The number of carboxylic acid groups (broad SMARTS) is 1. The number of aromatic nitrogens is 2. The summed E-state index contributed by atoms with van der Waals surface area (Å²) in [6.45, 7) is 1.65. The molecule has 1 aromatic carbocycles. The van der Waals surface area contributed by atoms with Crippen LogP contribution in [0.2, 0.25) is 0 Å². The van der Waals surface area contributed by atoms with Crippen LogP contribution in [0.5, 0.6) is 0 Å². The molecule has 0 saturated carbocycles. The van der Waals surface area contributed by atoms with E-state index in [0.717, 1.165) is 5.56 Å². The van der Waals surface area contributed by atoms with Crippen LogP contribution in [0, 0.1) is 0 Å². The number of nitrogens with zero attached hydrogens (tertiary/aromatic N) is 3. The van der Waals surface area contributed by atoms with Crippen LogP contribution in [0.15, 0.2) is 42.7 Å². The van der Waals surface area contributed by atoms with E-state index in [-0.39, 0.29) is 11.7 Å². The van der Waals surface area contributed by atoms with E-state index >= 15 is 0 Å². The molecule has 1 aliphatic rings. The highest BCUT2D eigenvalue weighted by Gasteiger charge is 2.27. The van der Waals surface area contributed by atoms with Crippen LogP contribution in [-0.2, 0) is 4.74 Å². The molecule has 0 radical (unpaired) electrons. The first-order valence-electron chi connectivity index (χ1n) is 7.78. The monoisotopic (exact) mass is 329 g/mol. The van der Waals surface area contributed by atoms with Crippen molar-refractivity contribution in [3.8, 4) is 0 Å². The fourth-order valence-electron chi connectivity index (χ4n) is 2.80. The van der Waals surface area contributed by atoms with Crippen molar-refractivity contribution in [2.45, 2.75) is 18.6 Å². The van der Waals surface area contributed by atoms with Gasteiger partial charge in [0.1, 0.15) is 5.82 Å². The number of aliphatic hydroxyl groups is 1. The first-order chi connectivity index (χ1) is 11.6. The van der Waals surface area contributed by atoms with Gasteiger partial charge >= 0.3 is 5.97 Å². The minimum Gasteiger partial charge on any atom is -0.476 e. The zero-order valence-corrected chi connectivity index (χ0v) is 13.1. The zero-order valence-electron chi connectivity index (χ0n) is 13.1. The van der Waals surface area contributed by atoms with Crippen molar-refractivity contribution >= 4 is 11.8 Å². The van der Waals surface area contributed by atoms with Gasteiger partial charge in [-0.25, -0.2) is 14.8 Å². The third-order valence-corrected chi connectivity index (χ3v) is 4.06. The number of anilines is 1. The van der Waals surface area contributed by atoms with Crippen LogP contribution in [0.25, 0.3) is 0 Å². The Labute approximate surface area is 139 Å². The summed E-state index contributed by atoms with van der Waals surface area (Å²) in [5, 5.41) is 19.4. The first-order valence-corrected chi connectivity index (χ1v) is 7.78. The lowest BCUT2D eigenvalue weighted by Crippen LogP contribution is -2.46. The topological polar surface area (TPSA) is 95.8 Å². The van der Waals surface area contributed by atoms with Gasteiger partial charge in [0.05, 0.1) is 37.8 Å². The lowest BCUT2D eigenvalue weighted by Gasteiger charge is -2.37. The molecule has 0 spiro atoms. The molecule has 1 aromatic heterocycles. The number of carboxylic acids is 1. The van der Waals surface area contributed by atoms with Gasteiger partial charge in [0, 0.05) is 13.0 Å². The Morgan fingerprint density at radius 1 is 1.29 bits per heavy atom. The molecule has 1 aliphatic heterocycles. The second-order valence-corrected chi connectivity index (χ2v) is 5.65. The molecule has 0 amide bonds. The molecule has 24 heavy (non-hydrogen) atoms. The number of carbonyl (C=O) groups is 1. The second-order valence-electron chi connectivity index (χ2n) is 5.65. The molecule has 0 aliphatic carbocycles. The average Bonchev–Trinajstić information content (AvgIpc) is 2.63. The third-order valence-electron chi connectivity index (χ3n) is 4.06. The van der Waals surface area contributed by atoms with E-state index in [9.17, 15) is 9.90 Å². The van der Waals surface area contributed by atoms with Gasteiger partial charge in [-0.3, -0.25) is 0 Å². The van der Waals surface area contributed by atoms with E-state index in [2.05, 4.69) is 9.97 Å². The Hall–Kier alpha value is -2.51. The molecule has 2 heterocycles. The number of rotatable bonds is 5. The van der Waals surface area contributed by atoms with Gasteiger partial charge in [-0.2, -0.15) is 0 Å². The third kappa shape index (κ3) is 3.69.